The number of carbonyl (C=O) groups is 1. The molecule has 2 rings (SSSR count). The van der Waals surface area contributed by atoms with Crippen LogP contribution in [0.15, 0.2) is 39.7 Å². The largest absolute Gasteiger partial charge is 0.368 e. The van der Waals surface area contributed by atoms with E-state index in [-0.39, 0.29) is 11.5 Å². The van der Waals surface area contributed by atoms with Crippen LogP contribution >= 0.6 is 15.9 Å². The summed E-state index contributed by atoms with van der Waals surface area (Å²) in [6.45, 7) is 0.599. The molecule has 1 heterocycles. The molecular formula is C15H17BrN4O2. The molecule has 7 heteroatoms. The Kier molecular flexibility index (Phi) is 4.97. The highest BCUT2D eigenvalue weighted by Gasteiger charge is 2.12. The second kappa shape index (κ2) is 6.74. The zero-order valence-corrected chi connectivity index (χ0v) is 14.2. The van der Waals surface area contributed by atoms with Gasteiger partial charge in [0.2, 0.25) is 0 Å². The van der Waals surface area contributed by atoms with Gasteiger partial charge in [-0.15, -0.1) is 0 Å². The number of carbonyl (C=O) groups excluding carboxylic acids is 1. The SMILES string of the molecule is CNC(=O)c1ccc(CN(C)c2cnn(C)c(=O)c2Br)cc1. The third kappa shape index (κ3) is 3.36. The molecule has 0 aliphatic carbocycles. The molecule has 0 spiro atoms. The van der Waals surface area contributed by atoms with Crippen molar-refractivity contribution < 1.29 is 4.79 Å². The summed E-state index contributed by atoms with van der Waals surface area (Å²) in [4.78, 5) is 25.3. The van der Waals surface area contributed by atoms with Gasteiger partial charge in [-0.2, -0.15) is 5.10 Å². The van der Waals surface area contributed by atoms with Crippen molar-refractivity contribution >= 4 is 27.5 Å². The number of aromatic nitrogens is 2. The number of nitrogens with zero attached hydrogens (tertiary/aromatic N) is 3. The predicted octanol–water partition coefficient (Wildman–Crippen LogP) is 1.54. The summed E-state index contributed by atoms with van der Waals surface area (Å²) < 4.78 is 1.76. The standard InChI is InChI=1S/C15H17BrN4O2/c1-17-14(21)11-6-4-10(5-7-11)9-19(2)12-8-18-20(3)15(22)13(12)16/h4-8H,9H2,1-3H3,(H,17,21). The van der Waals surface area contributed by atoms with Gasteiger partial charge in [0.25, 0.3) is 11.5 Å². The van der Waals surface area contributed by atoms with Gasteiger partial charge in [-0.05, 0) is 33.6 Å². The van der Waals surface area contributed by atoms with Gasteiger partial charge in [0.1, 0.15) is 4.47 Å². The maximum Gasteiger partial charge on any atom is 0.282 e. The summed E-state index contributed by atoms with van der Waals surface area (Å²) >= 11 is 3.32. The summed E-state index contributed by atoms with van der Waals surface area (Å²) in [6.07, 6.45) is 1.64. The fourth-order valence-electron chi connectivity index (χ4n) is 2.03. The van der Waals surface area contributed by atoms with Crippen LogP contribution in [-0.2, 0) is 13.6 Å². The number of nitrogens with one attached hydrogen (secondary N) is 1. The first-order chi connectivity index (χ1) is 10.4. The summed E-state index contributed by atoms with van der Waals surface area (Å²) in [5.74, 6) is -0.113. The molecule has 1 amide bonds. The van der Waals surface area contributed by atoms with E-state index in [2.05, 4.69) is 26.3 Å². The van der Waals surface area contributed by atoms with Crippen molar-refractivity contribution in [3.05, 3.63) is 56.4 Å². The minimum absolute atomic E-state index is 0.113. The van der Waals surface area contributed by atoms with Gasteiger partial charge in [0, 0.05) is 33.3 Å². The molecule has 0 unspecified atom stereocenters. The Hall–Kier alpha value is -2.15. The predicted molar refractivity (Wildman–Crippen MR) is 89.1 cm³/mol. The number of benzene rings is 1. The van der Waals surface area contributed by atoms with E-state index in [1.54, 1.807) is 32.4 Å². The second-order valence-corrected chi connectivity index (χ2v) is 5.70. The van der Waals surface area contributed by atoms with Crippen LogP contribution in [0.3, 0.4) is 0 Å². The molecule has 1 aromatic heterocycles. The van der Waals surface area contributed by atoms with Crippen LogP contribution in [0.25, 0.3) is 0 Å². The molecule has 1 N–H and O–H groups in total. The van der Waals surface area contributed by atoms with Crippen LogP contribution in [0.5, 0.6) is 0 Å². The lowest BCUT2D eigenvalue weighted by molar-refractivity contribution is 0.0963. The summed E-state index contributed by atoms with van der Waals surface area (Å²) in [5.41, 5.74) is 2.19. The van der Waals surface area contributed by atoms with Crippen LogP contribution in [0, 0.1) is 0 Å². The molecule has 0 radical (unpaired) electrons. The molecule has 0 atom stereocenters. The van der Waals surface area contributed by atoms with Gasteiger partial charge in [-0.3, -0.25) is 9.59 Å². The van der Waals surface area contributed by atoms with E-state index in [1.165, 1.54) is 4.68 Å². The number of rotatable bonds is 4. The van der Waals surface area contributed by atoms with E-state index in [0.29, 0.717) is 16.6 Å². The number of amides is 1. The van der Waals surface area contributed by atoms with Crippen LogP contribution in [-0.4, -0.2) is 29.8 Å². The Balaban J connectivity index is 2.19. The van der Waals surface area contributed by atoms with E-state index < -0.39 is 0 Å². The maximum absolute atomic E-state index is 11.9. The van der Waals surface area contributed by atoms with Crippen molar-refractivity contribution in [3.8, 4) is 0 Å². The first-order valence-corrected chi connectivity index (χ1v) is 7.47. The number of anilines is 1. The minimum Gasteiger partial charge on any atom is -0.368 e. The van der Waals surface area contributed by atoms with E-state index in [4.69, 9.17) is 0 Å². The van der Waals surface area contributed by atoms with E-state index in [1.807, 2.05) is 24.1 Å². The van der Waals surface area contributed by atoms with Crippen LogP contribution in [0.4, 0.5) is 5.69 Å². The molecule has 0 saturated heterocycles. The molecule has 0 aliphatic rings. The number of hydrogen-bond donors (Lipinski definition) is 1. The highest BCUT2D eigenvalue weighted by Crippen LogP contribution is 2.21. The van der Waals surface area contributed by atoms with Gasteiger partial charge in [0.15, 0.2) is 0 Å². The van der Waals surface area contributed by atoms with Crippen molar-refractivity contribution in [3.63, 3.8) is 0 Å². The lowest BCUT2D eigenvalue weighted by atomic mass is 10.1. The van der Waals surface area contributed by atoms with Gasteiger partial charge >= 0.3 is 0 Å². The molecule has 0 saturated carbocycles. The molecule has 0 bridgehead atoms. The Morgan fingerprint density at radius 1 is 1.36 bits per heavy atom. The molecular weight excluding hydrogens is 348 g/mol. The molecule has 0 aliphatic heterocycles. The van der Waals surface area contributed by atoms with Crippen molar-refractivity contribution in [2.24, 2.45) is 7.05 Å². The Labute approximate surface area is 136 Å². The number of aryl methyl sites for hydroxylation is 1. The molecule has 6 nitrogen and oxygen atoms in total. The van der Waals surface area contributed by atoms with Gasteiger partial charge < -0.3 is 10.2 Å². The van der Waals surface area contributed by atoms with Gasteiger partial charge in [-0.25, -0.2) is 4.68 Å². The molecule has 116 valence electrons. The summed E-state index contributed by atoms with van der Waals surface area (Å²) in [7, 11) is 5.09. The average Bonchev–Trinajstić information content (AvgIpc) is 2.52. The van der Waals surface area contributed by atoms with Crippen LogP contribution in [0.1, 0.15) is 15.9 Å². The van der Waals surface area contributed by atoms with Gasteiger partial charge in [0.05, 0.1) is 11.9 Å². The Morgan fingerprint density at radius 3 is 2.59 bits per heavy atom. The quantitative estimate of drug-likeness (QED) is 0.893. The summed E-state index contributed by atoms with van der Waals surface area (Å²) in [6, 6.07) is 7.34. The summed E-state index contributed by atoms with van der Waals surface area (Å²) in [5, 5.41) is 6.62. The Morgan fingerprint density at radius 2 is 2.00 bits per heavy atom. The third-order valence-electron chi connectivity index (χ3n) is 3.33. The van der Waals surface area contributed by atoms with Crippen LogP contribution < -0.4 is 15.8 Å². The zero-order valence-electron chi connectivity index (χ0n) is 12.6. The van der Waals surface area contributed by atoms with Crippen molar-refractivity contribution in [1.29, 1.82) is 0 Å². The van der Waals surface area contributed by atoms with E-state index in [0.717, 1.165) is 11.3 Å². The van der Waals surface area contributed by atoms with Crippen molar-refractivity contribution in [1.82, 2.24) is 15.1 Å². The fraction of sp³-hybridized carbons (Fsp3) is 0.267. The Bertz CT molecular complexity index is 740. The van der Waals surface area contributed by atoms with Crippen molar-refractivity contribution in [2.75, 3.05) is 19.0 Å². The third-order valence-corrected chi connectivity index (χ3v) is 4.08. The van der Waals surface area contributed by atoms with E-state index in [9.17, 15) is 9.59 Å². The second-order valence-electron chi connectivity index (χ2n) is 4.90. The molecule has 1 aromatic carbocycles. The first kappa shape index (κ1) is 16.2. The smallest absolute Gasteiger partial charge is 0.282 e. The lowest BCUT2D eigenvalue weighted by Gasteiger charge is -2.20. The topological polar surface area (TPSA) is 67.2 Å². The highest BCUT2D eigenvalue weighted by molar-refractivity contribution is 9.10. The average molecular weight is 365 g/mol. The van der Waals surface area contributed by atoms with E-state index >= 15 is 0 Å². The fourth-order valence-corrected chi connectivity index (χ4v) is 2.69. The number of halogens is 1. The molecule has 0 fully saturated rings. The van der Waals surface area contributed by atoms with Gasteiger partial charge in [-0.1, -0.05) is 12.1 Å². The maximum atomic E-state index is 11.9. The lowest BCUT2D eigenvalue weighted by Crippen LogP contribution is -2.25. The van der Waals surface area contributed by atoms with Crippen molar-refractivity contribution in [2.45, 2.75) is 6.54 Å². The zero-order chi connectivity index (χ0) is 16.3. The highest BCUT2D eigenvalue weighted by atomic mass is 79.9. The first-order valence-electron chi connectivity index (χ1n) is 6.68. The molecule has 2 aromatic rings. The number of hydrogen-bond acceptors (Lipinski definition) is 4. The monoisotopic (exact) mass is 364 g/mol. The minimum atomic E-state index is -0.181. The normalized spacial score (nSPS) is 10.4. The van der Waals surface area contributed by atoms with Crippen LogP contribution in [0.2, 0.25) is 0 Å². The molecule has 22 heavy (non-hydrogen) atoms.